The molecular formula is C6H10N3-. The molecule has 0 bridgehead atoms. The van der Waals surface area contributed by atoms with Crippen LogP contribution in [0.1, 0.15) is 0 Å². The Bertz CT molecular complexity index is 145. The lowest BCUT2D eigenvalue weighted by Gasteiger charge is -2.09. The van der Waals surface area contributed by atoms with E-state index in [1.54, 1.807) is 6.20 Å². The van der Waals surface area contributed by atoms with Crippen LogP contribution in [0.15, 0.2) is 18.5 Å². The van der Waals surface area contributed by atoms with Crippen molar-refractivity contribution in [3.8, 4) is 0 Å². The number of rotatable bonds is 3. The molecule has 1 aromatic heterocycles. The number of hydrogen-bond acceptors (Lipinski definition) is 1. The summed E-state index contributed by atoms with van der Waals surface area (Å²) < 4.78 is 1.87. The maximum atomic E-state index is 4.01. The summed E-state index contributed by atoms with van der Waals surface area (Å²) in [6.07, 6.45) is 3.71. The van der Waals surface area contributed by atoms with Crippen molar-refractivity contribution in [3.63, 3.8) is 0 Å². The fraction of sp³-hybridized carbons (Fsp3) is 0.500. The molecule has 0 aliphatic carbocycles. The molecule has 0 atom stereocenters. The van der Waals surface area contributed by atoms with E-state index in [9.17, 15) is 0 Å². The Kier molecular flexibility index (Phi) is 2.27. The van der Waals surface area contributed by atoms with Gasteiger partial charge in [-0.15, -0.1) is 6.54 Å². The lowest BCUT2D eigenvalue weighted by atomic mass is 10.6. The molecule has 0 radical (unpaired) electrons. The molecular weight excluding hydrogens is 114 g/mol. The van der Waals surface area contributed by atoms with Gasteiger partial charge in [0, 0.05) is 18.9 Å². The zero-order valence-electron chi connectivity index (χ0n) is 5.49. The van der Waals surface area contributed by atoms with E-state index in [0.29, 0.717) is 0 Å². The predicted octanol–water partition coefficient (Wildman–Crippen LogP) is 0.887. The first kappa shape index (κ1) is 6.29. The van der Waals surface area contributed by atoms with Crippen molar-refractivity contribution in [1.29, 1.82) is 0 Å². The van der Waals surface area contributed by atoms with Gasteiger partial charge in [-0.1, -0.05) is 0 Å². The molecule has 1 heterocycles. The minimum atomic E-state index is 0.849. The van der Waals surface area contributed by atoms with Crippen LogP contribution < -0.4 is 0 Å². The Hall–Kier alpha value is -0.830. The Morgan fingerprint density at radius 1 is 1.67 bits per heavy atom. The first-order valence-electron chi connectivity index (χ1n) is 2.96. The smallest absolute Gasteiger partial charge is 0.0489 e. The van der Waals surface area contributed by atoms with E-state index in [1.165, 1.54) is 0 Å². The Balaban J connectivity index is 2.30. The van der Waals surface area contributed by atoms with Crippen LogP contribution in [0.3, 0.4) is 0 Å². The predicted molar refractivity (Wildman–Crippen MR) is 36.4 cm³/mol. The van der Waals surface area contributed by atoms with E-state index in [4.69, 9.17) is 0 Å². The molecule has 50 valence electrons. The summed E-state index contributed by atoms with van der Waals surface area (Å²) in [6, 6.07) is 1.91. The van der Waals surface area contributed by atoms with Crippen molar-refractivity contribution in [2.45, 2.75) is 6.54 Å². The number of hydrogen-bond donors (Lipinski definition) is 0. The molecule has 3 nitrogen and oxygen atoms in total. The van der Waals surface area contributed by atoms with Crippen molar-refractivity contribution in [1.82, 2.24) is 9.78 Å². The molecule has 0 aliphatic rings. The fourth-order valence-electron chi connectivity index (χ4n) is 0.635. The highest BCUT2D eigenvalue weighted by Crippen LogP contribution is 1.85. The van der Waals surface area contributed by atoms with Crippen LogP contribution in [0.5, 0.6) is 0 Å². The number of aromatic nitrogens is 2. The normalized spacial score (nSPS) is 9.89. The van der Waals surface area contributed by atoms with Crippen LogP contribution in [0.2, 0.25) is 0 Å². The zero-order valence-corrected chi connectivity index (χ0v) is 5.49. The quantitative estimate of drug-likeness (QED) is 0.588. The van der Waals surface area contributed by atoms with E-state index in [0.717, 1.165) is 13.1 Å². The van der Waals surface area contributed by atoms with Crippen LogP contribution >= 0.6 is 0 Å². The van der Waals surface area contributed by atoms with Gasteiger partial charge in [-0.05, 0) is 6.07 Å². The van der Waals surface area contributed by atoms with Gasteiger partial charge in [0.2, 0.25) is 0 Å². The van der Waals surface area contributed by atoms with Crippen molar-refractivity contribution >= 4 is 0 Å². The molecule has 1 rings (SSSR count). The first-order valence-corrected chi connectivity index (χ1v) is 2.96. The highest BCUT2D eigenvalue weighted by molar-refractivity contribution is 4.79. The first-order chi connectivity index (χ1) is 4.43. The second-order valence-corrected chi connectivity index (χ2v) is 1.81. The van der Waals surface area contributed by atoms with Crippen LogP contribution in [-0.4, -0.2) is 23.4 Å². The summed E-state index contributed by atoms with van der Waals surface area (Å²) in [6.45, 7) is 1.74. The van der Waals surface area contributed by atoms with E-state index < -0.39 is 0 Å². The Labute approximate surface area is 54.7 Å². The zero-order chi connectivity index (χ0) is 6.53. The SMILES string of the molecule is C[N-]CCn1cccn1. The monoisotopic (exact) mass is 124 g/mol. The van der Waals surface area contributed by atoms with Crippen molar-refractivity contribution in [2.24, 2.45) is 0 Å². The van der Waals surface area contributed by atoms with E-state index in [-0.39, 0.29) is 0 Å². The molecule has 0 amide bonds. The van der Waals surface area contributed by atoms with E-state index in [2.05, 4.69) is 10.4 Å². The standard InChI is InChI=1S/C6H10N3/c1-7-4-6-9-5-2-3-8-9/h2-3,5H,4,6H2,1H3/q-1. The summed E-state index contributed by atoms with van der Waals surface area (Å²) in [4.78, 5) is 0. The van der Waals surface area contributed by atoms with Gasteiger partial charge in [0.15, 0.2) is 0 Å². The van der Waals surface area contributed by atoms with Gasteiger partial charge in [0.05, 0.1) is 0 Å². The minimum Gasteiger partial charge on any atom is -0.664 e. The average molecular weight is 124 g/mol. The second-order valence-electron chi connectivity index (χ2n) is 1.81. The van der Waals surface area contributed by atoms with Gasteiger partial charge >= 0.3 is 0 Å². The summed E-state index contributed by atoms with van der Waals surface area (Å²) >= 11 is 0. The van der Waals surface area contributed by atoms with Crippen LogP contribution in [0, 0.1) is 0 Å². The molecule has 0 aliphatic heterocycles. The summed E-state index contributed by atoms with van der Waals surface area (Å²) in [5.74, 6) is 0. The van der Waals surface area contributed by atoms with Crippen LogP contribution in [0.4, 0.5) is 0 Å². The van der Waals surface area contributed by atoms with Crippen molar-refractivity contribution in [3.05, 3.63) is 23.8 Å². The molecule has 1 aromatic rings. The molecule has 0 fully saturated rings. The molecule has 0 unspecified atom stereocenters. The summed E-state index contributed by atoms with van der Waals surface area (Å²) in [7, 11) is 1.81. The molecule has 3 heteroatoms. The van der Waals surface area contributed by atoms with Crippen molar-refractivity contribution in [2.75, 3.05) is 13.6 Å². The van der Waals surface area contributed by atoms with Gasteiger partial charge in [-0.25, -0.2) is 0 Å². The van der Waals surface area contributed by atoms with Crippen LogP contribution in [0.25, 0.3) is 5.32 Å². The van der Waals surface area contributed by atoms with Crippen LogP contribution in [-0.2, 0) is 6.54 Å². The lowest BCUT2D eigenvalue weighted by Crippen LogP contribution is -2.00. The fourth-order valence-corrected chi connectivity index (χ4v) is 0.635. The third-order valence-corrected chi connectivity index (χ3v) is 1.11. The number of likely N-dealkylation sites (N-methyl/N-ethyl adjacent to an activating group) is 1. The molecule has 0 N–H and O–H groups in total. The molecule has 0 spiro atoms. The number of nitrogens with zero attached hydrogens (tertiary/aromatic N) is 3. The Morgan fingerprint density at radius 2 is 2.56 bits per heavy atom. The summed E-state index contributed by atoms with van der Waals surface area (Å²) in [5, 5.41) is 7.96. The van der Waals surface area contributed by atoms with Gasteiger partial charge in [-0.3, -0.25) is 4.68 Å². The molecule has 0 aromatic carbocycles. The molecule has 0 saturated carbocycles. The van der Waals surface area contributed by atoms with E-state index in [1.807, 2.05) is 24.0 Å². The average Bonchev–Trinajstić information content (AvgIpc) is 2.34. The van der Waals surface area contributed by atoms with E-state index >= 15 is 0 Å². The summed E-state index contributed by atoms with van der Waals surface area (Å²) in [5.41, 5.74) is 0. The third-order valence-electron chi connectivity index (χ3n) is 1.11. The second kappa shape index (κ2) is 3.25. The lowest BCUT2D eigenvalue weighted by molar-refractivity contribution is 0.643. The highest BCUT2D eigenvalue weighted by atomic mass is 15.3. The maximum Gasteiger partial charge on any atom is 0.0489 e. The Morgan fingerprint density at radius 3 is 3.11 bits per heavy atom. The largest absolute Gasteiger partial charge is 0.664 e. The maximum absolute atomic E-state index is 4.01. The van der Waals surface area contributed by atoms with Gasteiger partial charge in [0.1, 0.15) is 0 Å². The van der Waals surface area contributed by atoms with Gasteiger partial charge in [-0.2, -0.15) is 12.1 Å². The molecule has 9 heavy (non-hydrogen) atoms. The van der Waals surface area contributed by atoms with Gasteiger partial charge < -0.3 is 5.32 Å². The third kappa shape index (κ3) is 1.85. The highest BCUT2D eigenvalue weighted by Gasteiger charge is 1.80. The minimum absolute atomic E-state index is 0.849. The topological polar surface area (TPSA) is 31.9 Å². The molecule has 0 saturated heterocycles. The van der Waals surface area contributed by atoms with Gasteiger partial charge in [0.25, 0.3) is 0 Å². The van der Waals surface area contributed by atoms with Crippen molar-refractivity contribution < 1.29 is 0 Å².